The Labute approximate surface area is 201 Å². The van der Waals surface area contributed by atoms with Gasteiger partial charge in [-0.1, -0.05) is 30.0 Å². The molecule has 0 unspecified atom stereocenters. The van der Waals surface area contributed by atoms with Gasteiger partial charge in [0.15, 0.2) is 16.8 Å². The molecular weight excluding hydrogens is 446 g/mol. The second-order valence-electron chi connectivity index (χ2n) is 7.69. The van der Waals surface area contributed by atoms with Crippen molar-refractivity contribution in [2.75, 3.05) is 12.4 Å². The smallest absolute Gasteiger partial charge is 0.196 e. The molecule has 5 rings (SSSR count). The Bertz CT molecular complexity index is 1440. The molecule has 0 radical (unpaired) electrons. The molecule has 1 N–H and O–H groups in total. The Morgan fingerprint density at radius 3 is 2.56 bits per heavy atom. The first-order valence-electron chi connectivity index (χ1n) is 11.0. The Morgan fingerprint density at radius 2 is 1.79 bits per heavy atom. The quantitative estimate of drug-likeness (QED) is 0.239. The number of nitrogens with one attached hydrogen (secondary N) is 1. The summed E-state index contributed by atoms with van der Waals surface area (Å²) in [6, 6.07) is 19.4. The van der Waals surface area contributed by atoms with Gasteiger partial charge in [-0.05, 0) is 56.3 Å². The molecule has 0 amide bonds. The predicted molar refractivity (Wildman–Crippen MR) is 134 cm³/mol. The van der Waals surface area contributed by atoms with Crippen LogP contribution in [-0.4, -0.2) is 42.9 Å². The van der Waals surface area contributed by atoms with Crippen molar-refractivity contribution in [3.05, 3.63) is 84.3 Å². The van der Waals surface area contributed by atoms with Crippen molar-refractivity contribution < 1.29 is 9.53 Å². The lowest BCUT2D eigenvalue weighted by molar-refractivity contribution is 0.102. The van der Waals surface area contributed by atoms with Crippen LogP contribution in [0.4, 0.5) is 0 Å². The summed E-state index contributed by atoms with van der Waals surface area (Å²) in [4.78, 5) is 20.6. The number of benzene rings is 2. The number of para-hydroxylation sites is 1. The number of hydrogen-bond acceptors (Lipinski definition) is 6. The molecule has 0 bridgehead atoms. The number of pyridine rings is 1. The van der Waals surface area contributed by atoms with Gasteiger partial charge in [-0.25, -0.2) is 0 Å². The maximum absolute atomic E-state index is 13.2. The Hall–Kier alpha value is -3.91. The fourth-order valence-corrected chi connectivity index (χ4v) is 4.80. The number of ether oxygens (including phenoxy) is 1. The summed E-state index contributed by atoms with van der Waals surface area (Å²) in [7, 11) is 0. The van der Waals surface area contributed by atoms with Crippen LogP contribution >= 0.6 is 11.8 Å². The lowest BCUT2D eigenvalue weighted by Gasteiger charge is -2.11. The molecule has 0 fully saturated rings. The molecule has 5 aromatic rings. The average Bonchev–Trinajstić information content (AvgIpc) is 3.44. The monoisotopic (exact) mass is 469 g/mol. The number of rotatable bonds is 8. The minimum Gasteiger partial charge on any atom is -0.494 e. The number of aryl methyl sites for hydroxylation is 1. The zero-order valence-electron chi connectivity index (χ0n) is 18.9. The summed E-state index contributed by atoms with van der Waals surface area (Å²) < 4.78 is 7.55. The molecule has 7 nitrogen and oxygen atoms in total. The van der Waals surface area contributed by atoms with E-state index in [0.29, 0.717) is 17.6 Å². The van der Waals surface area contributed by atoms with Crippen molar-refractivity contribution in [1.82, 2.24) is 24.7 Å². The van der Waals surface area contributed by atoms with Crippen LogP contribution in [0.25, 0.3) is 28.0 Å². The molecule has 0 saturated heterocycles. The van der Waals surface area contributed by atoms with Crippen LogP contribution in [0.5, 0.6) is 5.75 Å². The fraction of sp³-hybridized carbons (Fsp3) is 0.154. The predicted octanol–water partition coefficient (Wildman–Crippen LogP) is 5.49. The normalized spacial score (nSPS) is 11.1. The van der Waals surface area contributed by atoms with E-state index in [1.54, 1.807) is 12.4 Å². The minimum atomic E-state index is 0.0478. The van der Waals surface area contributed by atoms with E-state index in [1.165, 1.54) is 11.8 Å². The largest absolute Gasteiger partial charge is 0.494 e. The van der Waals surface area contributed by atoms with Crippen molar-refractivity contribution in [1.29, 1.82) is 0 Å². The summed E-state index contributed by atoms with van der Waals surface area (Å²) in [6.45, 7) is 4.49. The summed E-state index contributed by atoms with van der Waals surface area (Å²) >= 11 is 1.37. The first-order chi connectivity index (χ1) is 16.7. The molecule has 0 atom stereocenters. The van der Waals surface area contributed by atoms with Gasteiger partial charge in [-0.3, -0.25) is 14.3 Å². The number of hydrogen-bond donors (Lipinski definition) is 1. The molecule has 0 saturated carbocycles. The summed E-state index contributed by atoms with van der Waals surface area (Å²) in [6.07, 6.45) is 3.45. The van der Waals surface area contributed by atoms with Gasteiger partial charge in [-0.2, -0.15) is 0 Å². The van der Waals surface area contributed by atoms with E-state index in [0.717, 1.165) is 39.2 Å². The maximum atomic E-state index is 13.2. The highest BCUT2D eigenvalue weighted by molar-refractivity contribution is 7.99. The van der Waals surface area contributed by atoms with Crippen molar-refractivity contribution in [2.24, 2.45) is 0 Å². The van der Waals surface area contributed by atoms with Crippen molar-refractivity contribution >= 4 is 28.4 Å². The topological polar surface area (TPSA) is 85.7 Å². The molecule has 0 spiro atoms. The standard InChI is InChI=1S/C26H23N5O2S/c1-3-33-20-10-8-19(9-11-20)31-25(18-12-14-27-15-13-18)29-30-26(31)34-16-23(32)24-17(2)28-22-7-5-4-6-21(22)24/h4-15,28H,3,16H2,1-2H3. The summed E-state index contributed by atoms with van der Waals surface area (Å²) in [5.74, 6) is 1.77. The molecule has 8 heteroatoms. The van der Waals surface area contributed by atoms with Crippen molar-refractivity contribution in [2.45, 2.75) is 19.0 Å². The Balaban J connectivity index is 1.48. The number of Topliss-reactive ketones (excluding diaryl/α,β-unsaturated/α-hetero) is 1. The van der Waals surface area contributed by atoms with Crippen LogP contribution in [0.2, 0.25) is 0 Å². The molecule has 0 aliphatic carbocycles. The van der Waals surface area contributed by atoms with Crippen LogP contribution in [-0.2, 0) is 0 Å². The summed E-state index contributed by atoms with van der Waals surface area (Å²) in [5, 5.41) is 10.5. The zero-order chi connectivity index (χ0) is 23.5. The molecular formula is C26H23N5O2S. The SMILES string of the molecule is CCOc1ccc(-n2c(SCC(=O)c3c(C)[nH]c4ccccc34)nnc2-c2ccncc2)cc1. The van der Waals surface area contributed by atoms with Crippen LogP contribution in [0, 0.1) is 6.92 Å². The second kappa shape index (κ2) is 9.52. The number of aromatic amines is 1. The fourth-order valence-electron chi connectivity index (χ4n) is 3.98. The highest BCUT2D eigenvalue weighted by Gasteiger charge is 2.20. The highest BCUT2D eigenvalue weighted by Crippen LogP contribution is 2.30. The van der Waals surface area contributed by atoms with E-state index in [2.05, 4.69) is 20.2 Å². The van der Waals surface area contributed by atoms with Gasteiger partial charge in [0, 0.05) is 45.8 Å². The average molecular weight is 470 g/mol. The number of aromatic nitrogens is 5. The molecule has 2 aromatic carbocycles. The maximum Gasteiger partial charge on any atom is 0.196 e. The first kappa shape index (κ1) is 21.9. The number of nitrogens with zero attached hydrogens (tertiary/aromatic N) is 4. The third kappa shape index (κ3) is 4.20. The van der Waals surface area contributed by atoms with Gasteiger partial charge in [-0.15, -0.1) is 10.2 Å². The van der Waals surface area contributed by atoms with Gasteiger partial charge in [0.05, 0.1) is 12.4 Å². The van der Waals surface area contributed by atoms with E-state index in [4.69, 9.17) is 4.74 Å². The van der Waals surface area contributed by atoms with Crippen molar-refractivity contribution in [3.63, 3.8) is 0 Å². The van der Waals surface area contributed by atoms with Crippen LogP contribution in [0.1, 0.15) is 23.0 Å². The zero-order valence-corrected chi connectivity index (χ0v) is 19.7. The number of fused-ring (bicyclic) bond motifs is 1. The van der Waals surface area contributed by atoms with E-state index < -0.39 is 0 Å². The van der Waals surface area contributed by atoms with Crippen molar-refractivity contribution in [3.8, 4) is 22.8 Å². The van der Waals surface area contributed by atoms with Crippen LogP contribution in [0.15, 0.2) is 78.2 Å². The van der Waals surface area contributed by atoms with E-state index in [9.17, 15) is 4.79 Å². The molecule has 0 aliphatic rings. The lowest BCUT2D eigenvalue weighted by atomic mass is 10.1. The molecule has 3 aromatic heterocycles. The Kier molecular flexibility index (Phi) is 6.14. The second-order valence-corrected chi connectivity index (χ2v) is 8.63. The van der Waals surface area contributed by atoms with Gasteiger partial charge in [0.25, 0.3) is 0 Å². The summed E-state index contributed by atoms with van der Waals surface area (Å²) in [5.41, 5.74) is 4.34. The van der Waals surface area contributed by atoms with E-state index in [-0.39, 0.29) is 11.5 Å². The molecule has 170 valence electrons. The number of carbonyl (C=O) groups excluding carboxylic acids is 1. The minimum absolute atomic E-state index is 0.0478. The Morgan fingerprint density at radius 1 is 1.03 bits per heavy atom. The number of carbonyl (C=O) groups is 1. The lowest BCUT2D eigenvalue weighted by Crippen LogP contribution is -2.06. The van der Waals surface area contributed by atoms with Crippen LogP contribution in [0.3, 0.4) is 0 Å². The number of ketones is 1. The van der Waals surface area contributed by atoms with Crippen LogP contribution < -0.4 is 4.74 Å². The van der Waals surface area contributed by atoms with Gasteiger partial charge in [0.1, 0.15) is 5.75 Å². The molecule has 3 heterocycles. The van der Waals surface area contributed by atoms with E-state index >= 15 is 0 Å². The van der Waals surface area contributed by atoms with Gasteiger partial charge < -0.3 is 9.72 Å². The first-order valence-corrected chi connectivity index (χ1v) is 12.0. The third-order valence-electron chi connectivity index (χ3n) is 5.48. The van der Waals surface area contributed by atoms with Gasteiger partial charge in [0.2, 0.25) is 0 Å². The third-order valence-corrected chi connectivity index (χ3v) is 6.41. The number of thioether (sulfide) groups is 1. The highest BCUT2D eigenvalue weighted by atomic mass is 32.2. The van der Waals surface area contributed by atoms with E-state index in [1.807, 2.05) is 79.1 Å². The number of H-pyrrole nitrogens is 1. The molecule has 0 aliphatic heterocycles. The molecule has 34 heavy (non-hydrogen) atoms. The van der Waals surface area contributed by atoms with Gasteiger partial charge >= 0.3 is 0 Å².